The number of esters is 1. The Balaban J connectivity index is 1.57. The number of piperidine rings is 1. The molecule has 0 unspecified atom stereocenters. The van der Waals surface area contributed by atoms with E-state index in [1.165, 1.54) is 16.0 Å². The van der Waals surface area contributed by atoms with Gasteiger partial charge in [0, 0.05) is 24.5 Å². The fourth-order valence-electron chi connectivity index (χ4n) is 4.13. The number of hydrogen-bond donors (Lipinski definition) is 0. The summed E-state index contributed by atoms with van der Waals surface area (Å²) in [6.07, 6.45) is 1.33. The molecule has 0 radical (unpaired) electrons. The van der Waals surface area contributed by atoms with E-state index in [4.69, 9.17) is 4.74 Å². The van der Waals surface area contributed by atoms with Gasteiger partial charge >= 0.3 is 5.97 Å². The topological polar surface area (TPSA) is 51.5 Å². The van der Waals surface area contributed by atoms with E-state index < -0.39 is 0 Å². The van der Waals surface area contributed by atoms with E-state index >= 15 is 0 Å². The van der Waals surface area contributed by atoms with E-state index in [-0.39, 0.29) is 17.8 Å². The van der Waals surface area contributed by atoms with Gasteiger partial charge in [0.2, 0.25) is 0 Å². The van der Waals surface area contributed by atoms with Crippen molar-refractivity contribution in [3.8, 4) is 0 Å². The summed E-state index contributed by atoms with van der Waals surface area (Å²) in [7, 11) is 0. The fourth-order valence-corrected chi connectivity index (χ4v) is 5.09. The van der Waals surface area contributed by atoms with Gasteiger partial charge in [-0.3, -0.25) is 9.59 Å². The second kappa shape index (κ2) is 8.64. The molecule has 1 amide bonds. The molecule has 0 atom stereocenters. The Morgan fingerprint density at radius 3 is 2.47 bits per heavy atom. The molecule has 0 aliphatic carbocycles. The van der Waals surface area contributed by atoms with Crippen LogP contribution in [0, 0.1) is 19.8 Å². The average molecular weight is 425 g/mol. The number of amides is 1. The van der Waals surface area contributed by atoms with E-state index in [9.17, 15) is 9.59 Å². The highest BCUT2D eigenvalue weighted by molar-refractivity contribution is 7.19. The molecule has 1 fully saturated rings. The van der Waals surface area contributed by atoms with Gasteiger partial charge in [-0.05, 0) is 51.3 Å². The Morgan fingerprint density at radius 1 is 1.10 bits per heavy atom. The zero-order chi connectivity index (χ0) is 21.3. The third kappa shape index (κ3) is 4.15. The van der Waals surface area contributed by atoms with Crippen molar-refractivity contribution in [3.05, 3.63) is 58.1 Å². The highest BCUT2D eigenvalue weighted by Crippen LogP contribution is 2.31. The van der Waals surface area contributed by atoms with Crippen LogP contribution in [0.15, 0.2) is 36.4 Å². The molecule has 5 nitrogen and oxygen atoms in total. The average Bonchev–Trinajstić information content (AvgIpc) is 3.26. The van der Waals surface area contributed by atoms with E-state index in [1.54, 1.807) is 11.3 Å². The lowest BCUT2D eigenvalue weighted by Gasteiger charge is -2.31. The lowest BCUT2D eigenvalue weighted by atomic mass is 9.97. The van der Waals surface area contributed by atoms with Gasteiger partial charge in [0.25, 0.3) is 5.91 Å². The summed E-state index contributed by atoms with van der Waals surface area (Å²) in [6.45, 7) is 8.25. The van der Waals surface area contributed by atoms with Crippen molar-refractivity contribution in [2.24, 2.45) is 5.92 Å². The molecular weight excluding hydrogens is 396 g/mol. The van der Waals surface area contributed by atoms with Crippen LogP contribution < -0.4 is 0 Å². The standard InChI is InChI=1S/C24H28N2O3S/c1-4-29-24(28)19-9-11-25(12-10-19)23(27)21-14-22-20(13-17(3)30-22)26(21)15-18-7-5-16(2)6-8-18/h5-8,13-14,19H,4,9-12,15H2,1-3H3. The van der Waals surface area contributed by atoms with Crippen LogP contribution in [-0.4, -0.2) is 41.0 Å². The molecule has 1 saturated heterocycles. The molecule has 1 aromatic carbocycles. The summed E-state index contributed by atoms with van der Waals surface area (Å²) < 4.78 is 8.44. The smallest absolute Gasteiger partial charge is 0.309 e. The first-order valence-corrected chi connectivity index (χ1v) is 11.4. The van der Waals surface area contributed by atoms with Crippen LogP contribution in [0.4, 0.5) is 0 Å². The predicted molar refractivity (Wildman–Crippen MR) is 120 cm³/mol. The van der Waals surface area contributed by atoms with E-state index in [0.29, 0.717) is 39.1 Å². The number of thiophene rings is 1. The normalized spacial score (nSPS) is 15.0. The molecule has 158 valence electrons. The predicted octanol–water partition coefficient (Wildman–Crippen LogP) is 4.78. The first-order chi connectivity index (χ1) is 14.5. The minimum atomic E-state index is -0.136. The Bertz CT molecular complexity index is 1060. The van der Waals surface area contributed by atoms with E-state index in [0.717, 1.165) is 15.9 Å². The number of carbonyl (C=O) groups excluding carboxylic acids is 2. The van der Waals surface area contributed by atoms with Crippen LogP contribution in [-0.2, 0) is 16.1 Å². The second-order valence-corrected chi connectivity index (χ2v) is 9.31. The van der Waals surface area contributed by atoms with Crippen LogP contribution in [0.2, 0.25) is 0 Å². The maximum Gasteiger partial charge on any atom is 0.309 e. The summed E-state index contributed by atoms with van der Waals surface area (Å²) in [5.41, 5.74) is 4.25. The molecular formula is C24H28N2O3S. The van der Waals surface area contributed by atoms with Gasteiger partial charge in [-0.1, -0.05) is 29.8 Å². The number of nitrogens with zero attached hydrogens (tertiary/aromatic N) is 2. The highest BCUT2D eigenvalue weighted by atomic mass is 32.1. The number of likely N-dealkylation sites (tertiary alicyclic amines) is 1. The van der Waals surface area contributed by atoms with E-state index in [2.05, 4.69) is 48.7 Å². The van der Waals surface area contributed by atoms with Gasteiger partial charge in [-0.25, -0.2) is 0 Å². The van der Waals surface area contributed by atoms with Crippen LogP contribution in [0.25, 0.3) is 10.2 Å². The second-order valence-electron chi connectivity index (χ2n) is 8.03. The van der Waals surface area contributed by atoms with Crippen LogP contribution >= 0.6 is 11.3 Å². The number of carbonyl (C=O) groups is 2. The summed E-state index contributed by atoms with van der Waals surface area (Å²) in [5.74, 6) is -0.187. The van der Waals surface area contributed by atoms with Crippen molar-refractivity contribution in [2.75, 3.05) is 19.7 Å². The number of aromatic nitrogens is 1. The summed E-state index contributed by atoms with van der Waals surface area (Å²) in [4.78, 5) is 28.5. The number of ether oxygens (including phenoxy) is 1. The Kier molecular flexibility index (Phi) is 5.95. The van der Waals surface area contributed by atoms with Crippen molar-refractivity contribution in [3.63, 3.8) is 0 Å². The van der Waals surface area contributed by atoms with Crippen molar-refractivity contribution in [2.45, 2.75) is 40.2 Å². The quantitative estimate of drug-likeness (QED) is 0.554. The van der Waals surface area contributed by atoms with Gasteiger partial charge in [0.05, 0.1) is 22.7 Å². The largest absolute Gasteiger partial charge is 0.466 e. The van der Waals surface area contributed by atoms with Crippen molar-refractivity contribution < 1.29 is 14.3 Å². The van der Waals surface area contributed by atoms with Gasteiger partial charge in [-0.2, -0.15) is 0 Å². The lowest BCUT2D eigenvalue weighted by molar-refractivity contribution is -0.149. The van der Waals surface area contributed by atoms with Gasteiger partial charge in [-0.15, -0.1) is 11.3 Å². The molecule has 0 spiro atoms. The Morgan fingerprint density at radius 2 is 1.80 bits per heavy atom. The highest BCUT2D eigenvalue weighted by Gasteiger charge is 2.30. The summed E-state index contributed by atoms with van der Waals surface area (Å²) in [6, 6.07) is 12.7. The molecule has 0 saturated carbocycles. The number of hydrogen-bond acceptors (Lipinski definition) is 4. The maximum atomic E-state index is 13.4. The molecule has 3 heterocycles. The Hall–Kier alpha value is -2.60. The molecule has 30 heavy (non-hydrogen) atoms. The third-order valence-electron chi connectivity index (χ3n) is 5.80. The minimum absolute atomic E-state index is 0.0467. The van der Waals surface area contributed by atoms with Crippen LogP contribution in [0.3, 0.4) is 0 Å². The van der Waals surface area contributed by atoms with Gasteiger partial charge in [0.1, 0.15) is 5.69 Å². The first kappa shape index (κ1) is 20.7. The zero-order valence-corrected chi connectivity index (χ0v) is 18.6. The molecule has 1 aliphatic rings. The van der Waals surface area contributed by atoms with Gasteiger partial charge in [0.15, 0.2) is 0 Å². The molecule has 3 aromatic rings. The van der Waals surface area contributed by atoms with Crippen LogP contribution in [0.5, 0.6) is 0 Å². The molecule has 6 heteroatoms. The molecule has 2 aromatic heterocycles. The summed E-state index contributed by atoms with van der Waals surface area (Å²) >= 11 is 1.72. The lowest BCUT2D eigenvalue weighted by Crippen LogP contribution is -2.41. The fraction of sp³-hybridized carbons (Fsp3) is 0.417. The SMILES string of the molecule is CCOC(=O)C1CCN(C(=O)c2cc3sc(C)cc3n2Cc2ccc(C)cc2)CC1. The van der Waals surface area contributed by atoms with Crippen LogP contribution in [0.1, 0.15) is 46.3 Å². The van der Waals surface area contributed by atoms with Crippen molar-refractivity contribution in [1.82, 2.24) is 9.47 Å². The molecule has 0 bridgehead atoms. The summed E-state index contributed by atoms with van der Waals surface area (Å²) in [5, 5.41) is 0. The first-order valence-electron chi connectivity index (χ1n) is 10.6. The van der Waals surface area contributed by atoms with Gasteiger partial charge < -0.3 is 14.2 Å². The monoisotopic (exact) mass is 424 g/mol. The number of aryl methyl sites for hydroxylation is 2. The molecule has 4 rings (SSSR count). The third-order valence-corrected chi connectivity index (χ3v) is 6.78. The van der Waals surface area contributed by atoms with Crippen molar-refractivity contribution in [1.29, 1.82) is 0 Å². The Labute approximate surface area is 181 Å². The minimum Gasteiger partial charge on any atom is -0.466 e. The molecule has 1 aliphatic heterocycles. The van der Waals surface area contributed by atoms with E-state index in [1.807, 2.05) is 17.9 Å². The molecule has 0 N–H and O–H groups in total. The zero-order valence-electron chi connectivity index (χ0n) is 17.8. The number of rotatable bonds is 5. The van der Waals surface area contributed by atoms with Crippen molar-refractivity contribution >= 4 is 33.4 Å². The number of fused-ring (bicyclic) bond motifs is 1. The maximum absolute atomic E-state index is 13.4. The number of benzene rings is 1.